The lowest BCUT2D eigenvalue weighted by atomic mass is 9.84. The van der Waals surface area contributed by atoms with Gasteiger partial charge in [0.2, 0.25) is 5.78 Å². The monoisotopic (exact) mass is 469 g/mol. The topological polar surface area (TPSA) is 108 Å². The minimum Gasteiger partial charge on any atom is -0.494 e. The molecule has 34 heavy (non-hydrogen) atoms. The molecule has 2 N–H and O–H groups in total. The third-order valence-corrected chi connectivity index (χ3v) is 5.84. The molecule has 182 valence electrons. The van der Waals surface area contributed by atoms with E-state index in [0.29, 0.717) is 36.9 Å². The van der Waals surface area contributed by atoms with E-state index in [-0.39, 0.29) is 23.7 Å². The van der Waals surface area contributed by atoms with E-state index >= 15 is 0 Å². The van der Waals surface area contributed by atoms with Gasteiger partial charge in [-0.3, -0.25) is 4.79 Å². The number of carbonyl (C=O) groups is 1. The van der Waals surface area contributed by atoms with Crippen LogP contribution in [0, 0.1) is 0 Å². The summed E-state index contributed by atoms with van der Waals surface area (Å²) in [5, 5.41) is 8.69. The second-order valence-corrected chi connectivity index (χ2v) is 9.24. The van der Waals surface area contributed by atoms with Crippen molar-refractivity contribution in [3.8, 4) is 11.6 Å². The number of anilines is 2. The number of ether oxygens (including phenoxy) is 3. The summed E-state index contributed by atoms with van der Waals surface area (Å²) in [6, 6.07) is 7.37. The van der Waals surface area contributed by atoms with Gasteiger partial charge in [0.05, 0.1) is 32.6 Å². The summed E-state index contributed by atoms with van der Waals surface area (Å²) in [6.45, 7) is 11.5. The van der Waals surface area contributed by atoms with E-state index in [1.165, 1.54) is 4.52 Å². The number of aromatic nitrogens is 4. The highest BCUT2D eigenvalue weighted by Crippen LogP contribution is 2.40. The molecule has 0 aliphatic carbocycles. The molecular formula is C24H33N6O4+. The number of nitrogens with two attached hydrogens (primary N) is 1. The van der Waals surface area contributed by atoms with Crippen LogP contribution in [0.2, 0.25) is 0 Å². The Hall–Kier alpha value is -3.40. The maximum absolute atomic E-state index is 13.5. The Morgan fingerprint density at radius 2 is 1.97 bits per heavy atom. The van der Waals surface area contributed by atoms with Crippen LogP contribution >= 0.6 is 0 Å². The van der Waals surface area contributed by atoms with Gasteiger partial charge in [0.25, 0.3) is 5.88 Å². The first-order valence-electron chi connectivity index (χ1n) is 11.5. The molecule has 0 spiro atoms. The van der Waals surface area contributed by atoms with Crippen molar-refractivity contribution in [3.05, 3.63) is 35.4 Å². The van der Waals surface area contributed by atoms with Gasteiger partial charge in [-0.1, -0.05) is 25.3 Å². The number of rotatable bonds is 7. The van der Waals surface area contributed by atoms with Gasteiger partial charge in [0.1, 0.15) is 5.75 Å². The summed E-state index contributed by atoms with van der Waals surface area (Å²) in [5.74, 6) is 1.34. The molecule has 0 bridgehead atoms. The summed E-state index contributed by atoms with van der Waals surface area (Å²) in [4.78, 5) is 15.7. The molecule has 10 nitrogen and oxygen atoms in total. The first-order chi connectivity index (χ1) is 16.2. The summed E-state index contributed by atoms with van der Waals surface area (Å²) in [7, 11) is 1.68. The number of methoxy groups -OCH3 is 1. The van der Waals surface area contributed by atoms with Crippen LogP contribution in [-0.4, -0.2) is 60.5 Å². The zero-order valence-electron chi connectivity index (χ0n) is 20.5. The summed E-state index contributed by atoms with van der Waals surface area (Å²) < 4.78 is 19.9. The first kappa shape index (κ1) is 23.7. The number of carbonyl (C=O) groups excluding carboxylic acids is 1. The van der Waals surface area contributed by atoms with Crippen LogP contribution < -0.4 is 24.8 Å². The van der Waals surface area contributed by atoms with E-state index in [9.17, 15) is 4.79 Å². The van der Waals surface area contributed by atoms with Crippen LogP contribution in [0.1, 0.15) is 43.6 Å². The lowest BCUT2D eigenvalue weighted by Gasteiger charge is -2.33. The minimum atomic E-state index is -0.221. The lowest BCUT2D eigenvalue weighted by Crippen LogP contribution is -2.41. The Morgan fingerprint density at radius 1 is 1.24 bits per heavy atom. The number of nitrogens with zero attached hydrogens (tertiary/aromatic N) is 5. The Bertz CT molecular complexity index is 1190. The SMILES string of the molecule is CCOc1ccc2n(n1)c(N)n[n+]2CC(=O)c1cc(N2CCOCC2)c(OC)c(C(C)(C)C)c1. The largest absolute Gasteiger partial charge is 0.494 e. The molecule has 1 fully saturated rings. The van der Waals surface area contributed by atoms with Gasteiger partial charge in [-0.15, -0.1) is 4.68 Å². The molecule has 1 aliphatic heterocycles. The summed E-state index contributed by atoms with van der Waals surface area (Å²) >= 11 is 0. The molecule has 0 saturated carbocycles. The molecular weight excluding hydrogens is 436 g/mol. The van der Waals surface area contributed by atoms with Gasteiger partial charge in [0.15, 0.2) is 6.54 Å². The lowest BCUT2D eigenvalue weighted by molar-refractivity contribution is -0.714. The number of benzene rings is 1. The van der Waals surface area contributed by atoms with E-state index in [1.54, 1.807) is 23.9 Å². The minimum absolute atomic E-state index is 0.0226. The van der Waals surface area contributed by atoms with Gasteiger partial charge < -0.3 is 24.8 Å². The highest BCUT2D eigenvalue weighted by atomic mass is 16.5. The smallest absolute Gasteiger partial charge is 0.355 e. The van der Waals surface area contributed by atoms with E-state index in [2.05, 4.69) is 35.9 Å². The average Bonchev–Trinajstić information content (AvgIpc) is 3.12. The van der Waals surface area contributed by atoms with Crippen LogP contribution in [-0.2, 0) is 16.7 Å². The molecule has 4 rings (SSSR count). The molecule has 1 aliphatic rings. The van der Waals surface area contributed by atoms with Crippen molar-refractivity contribution in [3.63, 3.8) is 0 Å². The van der Waals surface area contributed by atoms with Crippen LogP contribution in [0.5, 0.6) is 11.6 Å². The normalized spacial score (nSPS) is 14.4. The van der Waals surface area contributed by atoms with Gasteiger partial charge >= 0.3 is 11.6 Å². The van der Waals surface area contributed by atoms with Crippen LogP contribution in [0.15, 0.2) is 24.3 Å². The predicted octanol–water partition coefficient (Wildman–Crippen LogP) is 2.02. The molecule has 0 unspecified atom stereocenters. The van der Waals surface area contributed by atoms with E-state index in [4.69, 9.17) is 19.9 Å². The Morgan fingerprint density at radius 3 is 2.62 bits per heavy atom. The van der Waals surface area contributed by atoms with Crippen LogP contribution in [0.3, 0.4) is 0 Å². The average molecular weight is 470 g/mol. The van der Waals surface area contributed by atoms with Crippen molar-refractivity contribution < 1.29 is 23.7 Å². The van der Waals surface area contributed by atoms with Gasteiger partial charge in [0, 0.05) is 36.3 Å². The number of morpholine rings is 1. The van der Waals surface area contributed by atoms with Crippen molar-refractivity contribution in [2.45, 2.75) is 39.7 Å². The van der Waals surface area contributed by atoms with Crippen molar-refractivity contribution in [2.24, 2.45) is 0 Å². The Labute approximate surface area is 199 Å². The number of ketones is 1. The third kappa shape index (κ3) is 4.63. The second-order valence-electron chi connectivity index (χ2n) is 9.24. The highest BCUT2D eigenvalue weighted by Gasteiger charge is 2.28. The van der Waals surface area contributed by atoms with Crippen molar-refractivity contribution in [1.82, 2.24) is 14.7 Å². The summed E-state index contributed by atoms with van der Waals surface area (Å²) in [6.07, 6.45) is 0. The maximum atomic E-state index is 13.5. The van der Waals surface area contributed by atoms with Crippen molar-refractivity contribution in [2.75, 3.05) is 50.7 Å². The highest BCUT2D eigenvalue weighted by molar-refractivity contribution is 5.97. The second kappa shape index (κ2) is 9.46. The Balaban J connectivity index is 1.73. The molecule has 0 atom stereocenters. The van der Waals surface area contributed by atoms with E-state index in [0.717, 1.165) is 30.1 Å². The van der Waals surface area contributed by atoms with E-state index in [1.807, 2.05) is 19.1 Å². The molecule has 1 saturated heterocycles. The van der Waals surface area contributed by atoms with Crippen molar-refractivity contribution in [1.29, 1.82) is 0 Å². The zero-order valence-corrected chi connectivity index (χ0v) is 20.5. The molecule has 3 aromatic rings. The summed E-state index contributed by atoms with van der Waals surface area (Å²) in [5.41, 5.74) is 8.92. The maximum Gasteiger partial charge on any atom is 0.355 e. The molecule has 2 aromatic heterocycles. The molecule has 3 heterocycles. The fourth-order valence-corrected chi connectivity index (χ4v) is 4.13. The van der Waals surface area contributed by atoms with E-state index < -0.39 is 0 Å². The number of hydrogen-bond donors (Lipinski definition) is 1. The van der Waals surface area contributed by atoms with Gasteiger partial charge in [-0.05, 0) is 34.7 Å². The Kier molecular flexibility index (Phi) is 6.60. The van der Waals surface area contributed by atoms with Crippen LogP contribution in [0.4, 0.5) is 11.6 Å². The fourth-order valence-electron chi connectivity index (χ4n) is 4.13. The number of fused-ring (bicyclic) bond motifs is 1. The standard InChI is InChI=1S/C24H33N6O4/c1-6-34-20-7-8-21-29(27-23(25)30(21)26-20)15-19(31)16-13-17(24(2,3)4)22(32-5)18(14-16)28-9-11-33-12-10-28/h7-8,13-14H,6,9-12,15H2,1-5H3,(H2,25,27)/q+1. The number of hydrogen-bond acceptors (Lipinski definition) is 8. The molecule has 0 radical (unpaired) electrons. The molecule has 0 amide bonds. The quantitative estimate of drug-likeness (QED) is 0.414. The van der Waals surface area contributed by atoms with Crippen molar-refractivity contribution >= 4 is 23.1 Å². The van der Waals surface area contributed by atoms with Gasteiger partial charge in [-0.25, -0.2) is 0 Å². The van der Waals surface area contributed by atoms with Gasteiger partial charge in [-0.2, -0.15) is 0 Å². The molecule has 1 aromatic carbocycles. The molecule has 10 heteroatoms. The zero-order chi connectivity index (χ0) is 24.5. The number of Topliss-reactive ketones (excluding diaryl/α,β-unsaturated/α-hetero) is 1. The first-order valence-corrected chi connectivity index (χ1v) is 11.5. The fraction of sp³-hybridized carbons (Fsp3) is 0.500. The van der Waals surface area contributed by atoms with Crippen LogP contribution in [0.25, 0.3) is 5.65 Å². The third-order valence-electron chi connectivity index (χ3n) is 5.84. The predicted molar refractivity (Wildman–Crippen MR) is 128 cm³/mol. The number of nitrogen functional groups attached to an aromatic ring is 1.